The molecular weight excluding hydrogens is 430 g/mol. The summed E-state index contributed by atoms with van der Waals surface area (Å²) in [6.45, 7) is 5.55. The zero-order valence-corrected chi connectivity index (χ0v) is 19.6. The van der Waals surface area contributed by atoms with Crippen molar-refractivity contribution in [3.8, 4) is 5.75 Å². The van der Waals surface area contributed by atoms with E-state index in [1.807, 2.05) is 85.5 Å². The predicted octanol–water partition coefficient (Wildman–Crippen LogP) is 5.63. The van der Waals surface area contributed by atoms with Gasteiger partial charge in [0.15, 0.2) is 5.11 Å². The summed E-state index contributed by atoms with van der Waals surface area (Å²) in [7, 11) is 0. The lowest BCUT2D eigenvalue weighted by molar-refractivity contribution is 0.340. The van der Waals surface area contributed by atoms with Crippen LogP contribution in [0.5, 0.6) is 5.75 Å². The SMILES string of the molecule is CCOc1ccc(NC(=S)N(Cc2ccccc2)Cc2cc3ccc(C)cc3[nH]c2=O)cc1. The minimum absolute atomic E-state index is 0.102. The number of fused-ring (bicyclic) bond motifs is 1. The number of pyridine rings is 1. The highest BCUT2D eigenvalue weighted by Crippen LogP contribution is 2.19. The van der Waals surface area contributed by atoms with Crippen molar-refractivity contribution in [2.24, 2.45) is 0 Å². The molecule has 4 rings (SSSR count). The number of nitrogens with one attached hydrogen (secondary N) is 2. The molecule has 0 spiro atoms. The van der Waals surface area contributed by atoms with Gasteiger partial charge in [0, 0.05) is 23.3 Å². The van der Waals surface area contributed by atoms with E-state index in [0.29, 0.717) is 30.4 Å². The Morgan fingerprint density at radius 2 is 1.76 bits per heavy atom. The van der Waals surface area contributed by atoms with E-state index >= 15 is 0 Å². The molecule has 3 aromatic carbocycles. The number of ether oxygens (including phenoxy) is 1. The molecule has 0 aliphatic heterocycles. The number of hydrogen-bond donors (Lipinski definition) is 2. The van der Waals surface area contributed by atoms with Crippen molar-refractivity contribution in [3.05, 3.63) is 106 Å². The Bertz CT molecular complexity index is 1300. The van der Waals surface area contributed by atoms with Gasteiger partial charge in [-0.05, 0) is 79.0 Å². The molecule has 168 valence electrons. The van der Waals surface area contributed by atoms with Gasteiger partial charge in [-0.2, -0.15) is 0 Å². The maximum absolute atomic E-state index is 12.9. The molecule has 0 aliphatic carbocycles. The average Bonchev–Trinajstić information content (AvgIpc) is 2.81. The maximum Gasteiger partial charge on any atom is 0.253 e. The van der Waals surface area contributed by atoms with E-state index in [1.54, 1.807) is 0 Å². The first-order chi connectivity index (χ1) is 16.0. The Balaban J connectivity index is 1.60. The fraction of sp³-hybridized carbons (Fsp3) is 0.185. The zero-order chi connectivity index (χ0) is 23.2. The smallest absolute Gasteiger partial charge is 0.253 e. The van der Waals surface area contributed by atoms with Crippen molar-refractivity contribution in [1.29, 1.82) is 0 Å². The number of H-pyrrole nitrogens is 1. The highest BCUT2D eigenvalue weighted by atomic mass is 32.1. The predicted molar refractivity (Wildman–Crippen MR) is 139 cm³/mol. The van der Waals surface area contributed by atoms with E-state index in [1.165, 1.54) is 0 Å². The van der Waals surface area contributed by atoms with Gasteiger partial charge in [-0.25, -0.2) is 0 Å². The molecule has 1 aromatic heterocycles. The van der Waals surface area contributed by atoms with Crippen LogP contribution in [0.4, 0.5) is 5.69 Å². The molecule has 0 radical (unpaired) electrons. The van der Waals surface area contributed by atoms with Crippen molar-refractivity contribution in [1.82, 2.24) is 9.88 Å². The first-order valence-corrected chi connectivity index (χ1v) is 11.4. The molecule has 0 unspecified atom stereocenters. The number of anilines is 1. The Morgan fingerprint density at radius 3 is 2.48 bits per heavy atom. The van der Waals surface area contributed by atoms with Crippen LogP contribution in [-0.4, -0.2) is 21.6 Å². The molecular formula is C27H27N3O2S. The summed E-state index contributed by atoms with van der Waals surface area (Å²) < 4.78 is 5.52. The van der Waals surface area contributed by atoms with Gasteiger partial charge in [0.1, 0.15) is 5.75 Å². The Kier molecular flexibility index (Phi) is 7.05. The number of benzene rings is 3. The molecule has 6 heteroatoms. The summed E-state index contributed by atoms with van der Waals surface area (Å²) >= 11 is 5.77. The van der Waals surface area contributed by atoms with E-state index in [2.05, 4.69) is 22.4 Å². The number of thiocarbonyl (C=S) groups is 1. The van der Waals surface area contributed by atoms with Gasteiger partial charge >= 0.3 is 0 Å². The average molecular weight is 458 g/mol. The van der Waals surface area contributed by atoms with Gasteiger partial charge in [0.25, 0.3) is 5.56 Å². The van der Waals surface area contributed by atoms with Crippen LogP contribution < -0.4 is 15.6 Å². The largest absolute Gasteiger partial charge is 0.494 e. The molecule has 4 aromatic rings. The van der Waals surface area contributed by atoms with Crippen LogP contribution in [0.3, 0.4) is 0 Å². The second-order valence-electron chi connectivity index (χ2n) is 7.94. The summed E-state index contributed by atoms with van der Waals surface area (Å²) in [5, 5.41) is 4.85. The van der Waals surface area contributed by atoms with Gasteiger partial charge in [-0.3, -0.25) is 4.79 Å². The molecule has 0 bridgehead atoms. The molecule has 0 amide bonds. The number of aromatic nitrogens is 1. The van der Waals surface area contributed by atoms with Crippen molar-refractivity contribution in [2.75, 3.05) is 11.9 Å². The minimum Gasteiger partial charge on any atom is -0.494 e. The summed E-state index contributed by atoms with van der Waals surface area (Å²) in [4.78, 5) is 17.9. The molecule has 0 saturated heterocycles. The number of aromatic amines is 1. The van der Waals surface area contributed by atoms with E-state index in [0.717, 1.165) is 33.5 Å². The molecule has 1 heterocycles. The van der Waals surface area contributed by atoms with E-state index < -0.39 is 0 Å². The Hall–Kier alpha value is -3.64. The first-order valence-electron chi connectivity index (χ1n) is 11.0. The quantitative estimate of drug-likeness (QED) is 0.352. The number of aryl methyl sites for hydroxylation is 1. The summed E-state index contributed by atoms with van der Waals surface area (Å²) in [6.07, 6.45) is 0. The second-order valence-corrected chi connectivity index (χ2v) is 8.33. The second kappa shape index (κ2) is 10.3. The van der Waals surface area contributed by atoms with Crippen molar-refractivity contribution < 1.29 is 4.74 Å². The van der Waals surface area contributed by atoms with Crippen LogP contribution in [0.15, 0.2) is 83.7 Å². The molecule has 2 N–H and O–H groups in total. The molecule has 5 nitrogen and oxygen atoms in total. The van der Waals surface area contributed by atoms with Crippen molar-refractivity contribution in [3.63, 3.8) is 0 Å². The Morgan fingerprint density at radius 1 is 1.00 bits per heavy atom. The summed E-state index contributed by atoms with van der Waals surface area (Å²) in [5.41, 5.74) is 4.49. The van der Waals surface area contributed by atoms with Gasteiger partial charge < -0.3 is 19.9 Å². The van der Waals surface area contributed by atoms with Crippen LogP contribution >= 0.6 is 12.2 Å². The van der Waals surface area contributed by atoms with Gasteiger partial charge in [0.05, 0.1) is 13.2 Å². The number of hydrogen-bond acceptors (Lipinski definition) is 3. The van der Waals surface area contributed by atoms with Crippen molar-refractivity contribution in [2.45, 2.75) is 26.9 Å². The van der Waals surface area contributed by atoms with E-state index in [4.69, 9.17) is 17.0 Å². The first kappa shape index (κ1) is 22.6. The summed E-state index contributed by atoms with van der Waals surface area (Å²) in [5.74, 6) is 0.813. The number of rotatable bonds is 7. The maximum atomic E-state index is 12.9. The number of nitrogens with zero attached hydrogens (tertiary/aromatic N) is 1. The van der Waals surface area contributed by atoms with E-state index in [9.17, 15) is 4.79 Å². The van der Waals surface area contributed by atoms with E-state index in [-0.39, 0.29) is 5.56 Å². The topological polar surface area (TPSA) is 57.4 Å². The van der Waals surface area contributed by atoms with Gasteiger partial charge in [0.2, 0.25) is 0 Å². The standard InChI is InChI=1S/C27H27N3O2S/c1-3-32-24-13-11-23(12-14-24)28-27(33)30(17-20-7-5-4-6-8-20)18-22-16-21-10-9-19(2)15-25(21)29-26(22)31/h4-16H,3,17-18H2,1-2H3,(H,28,33)(H,29,31). The molecule has 33 heavy (non-hydrogen) atoms. The monoisotopic (exact) mass is 457 g/mol. The van der Waals surface area contributed by atoms with Crippen LogP contribution in [0.25, 0.3) is 10.9 Å². The summed E-state index contributed by atoms with van der Waals surface area (Å²) in [6, 6.07) is 25.8. The lowest BCUT2D eigenvalue weighted by Gasteiger charge is -2.26. The van der Waals surface area contributed by atoms with Crippen molar-refractivity contribution >= 4 is 33.9 Å². The van der Waals surface area contributed by atoms with Crippen LogP contribution in [0, 0.1) is 6.92 Å². The highest BCUT2D eigenvalue weighted by molar-refractivity contribution is 7.80. The lowest BCUT2D eigenvalue weighted by atomic mass is 10.1. The fourth-order valence-corrected chi connectivity index (χ4v) is 3.94. The highest BCUT2D eigenvalue weighted by Gasteiger charge is 2.15. The third-order valence-corrected chi connectivity index (χ3v) is 5.72. The van der Waals surface area contributed by atoms with Crippen LogP contribution in [0.2, 0.25) is 0 Å². The third kappa shape index (κ3) is 5.79. The third-order valence-electron chi connectivity index (χ3n) is 5.36. The van der Waals surface area contributed by atoms with Crippen LogP contribution in [-0.2, 0) is 13.1 Å². The molecule has 0 aliphatic rings. The fourth-order valence-electron chi connectivity index (χ4n) is 3.69. The zero-order valence-electron chi connectivity index (χ0n) is 18.8. The van der Waals surface area contributed by atoms with Gasteiger partial charge in [-0.15, -0.1) is 0 Å². The Labute approximate surface area is 199 Å². The lowest BCUT2D eigenvalue weighted by Crippen LogP contribution is -2.35. The molecule has 0 fully saturated rings. The molecule has 0 atom stereocenters. The normalized spacial score (nSPS) is 10.7. The molecule has 0 saturated carbocycles. The van der Waals surface area contributed by atoms with Gasteiger partial charge in [-0.1, -0.05) is 42.5 Å². The van der Waals surface area contributed by atoms with Crippen LogP contribution in [0.1, 0.15) is 23.6 Å². The minimum atomic E-state index is -0.102.